The highest BCUT2D eigenvalue weighted by Crippen LogP contribution is 2.22. The van der Waals surface area contributed by atoms with Gasteiger partial charge in [-0.15, -0.1) is 0 Å². The molecule has 0 radical (unpaired) electrons. The van der Waals surface area contributed by atoms with Gasteiger partial charge >= 0.3 is 54.5 Å². The zero-order valence-electron chi connectivity index (χ0n) is 41.1. The number of ether oxygens (including phenoxy) is 2. The van der Waals surface area contributed by atoms with Gasteiger partial charge in [0.05, 0.1) is 6.42 Å². The topological polar surface area (TPSA) is 242 Å². The second kappa shape index (κ2) is 29.4. The molecule has 2 heterocycles. The van der Waals surface area contributed by atoms with Gasteiger partial charge in [-0.25, -0.2) is 23.2 Å². The molecule has 0 unspecified atom stereocenters. The van der Waals surface area contributed by atoms with Crippen molar-refractivity contribution < 1.29 is 102 Å². The largest absolute Gasteiger partial charge is 0.490 e. The quantitative estimate of drug-likeness (QED) is 0.0937. The molecule has 5 amide bonds. The van der Waals surface area contributed by atoms with Crippen molar-refractivity contribution in [3.05, 3.63) is 71.3 Å². The molecule has 0 bridgehead atoms. The molecule has 2 saturated heterocycles. The third-order valence-electron chi connectivity index (χ3n) is 9.76. The van der Waals surface area contributed by atoms with Crippen LogP contribution in [0.2, 0.25) is 0 Å². The lowest BCUT2D eigenvalue weighted by atomic mass is 10.0. The van der Waals surface area contributed by atoms with Crippen molar-refractivity contribution in [3.63, 3.8) is 0 Å². The van der Waals surface area contributed by atoms with Gasteiger partial charge in [-0.1, -0.05) is 36.4 Å². The lowest BCUT2D eigenvalue weighted by molar-refractivity contribution is -0.192. The van der Waals surface area contributed by atoms with Crippen molar-refractivity contribution in [3.8, 4) is 0 Å². The molecule has 0 aliphatic carbocycles. The number of carboxylic acid groups (broad SMARTS) is 2. The molecule has 2 aromatic carbocycles. The van der Waals surface area contributed by atoms with Gasteiger partial charge in [-0.2, -0.15) is 39.5 Å². The Balaban J connectivity index is 0.000000565. The maximum absolute atomic E-state index is 14.2. The first-order valence-electron chi connectivity index (χ1n) is 22.6. The summed E-state index contributed by atoms with van der Waals surface area (Å²) in [6, 6.07) is 9.85. The van der Waals surface area contributed by atoms with E-state index in [1.165, 1.54) is 29.2 Å². The van der Waals surface area contributed by atoms with Gasteiger partial charge < -0.3 is 51.2 Å². The number of alkyl carbamates (subject to hydrolysis) is 2. The Labute approximate surface area is 418 Å². The van der Waals surface area contributed by atoms with E-state index in [-0.39, 0.29) is 44.8 Å². The number of hydrogen-bond donors (Lipinski definition) is 7. The summed E-state index contributed by atoms with van der Waals surface area (Å²) in [5.74, 6) is -9.10. The zero-order chi connectivity index (χ0) is 56.8. The lowest BCUT2D eigenvalue weighted by Gasteiger charge is -2.28. The first-order valence-corrected chi connectivity index (χ1v) is 22.6. The summed E-state index contributed by atoms with van der Waals surface area (Å²) >= 11 is 0. The van der Waals surface area contributed by atoms with Gasteiger partial charge in [-0.05, 0) is 110 Å². The average molecular weight is 1080 g/mol. The Hall–Kier alpha value is -6.48. The van der Waals surface area contributed by atoms with E-state index < -0.39 is 101 Å². The molecule has 17 nitrogen and oxygen atoms in total. The fourth-order valence-electron chi connectivity index (χ4n) is 6.63. The minimum Gasteiger partial charge on any atom is -0.481 e. The Morgan fingerprint density at radius 1 is 0.635 bits per heavy atom. The number of carbonyl (C=O) groups excluding carboxylic acids is 5. The zero-order valence-corrected chi connectivity index (χ0v) is 41.1. The van der Waals surface area contributed by atoms with Crippen molar-refractivity contribution in [1.29, 1.82) is 0 Å². The van der Waals surface area contributed by atoms with Gasteiger partial charge in [-0.3, -0.25) is 19.2 Å². The van der Waals surface area contributed by atoms with E-state index in [0.717, 1.165) is 19.4 Å². The molecule has 4 rings (SSSR count). The first-order chi connectivity index (χ1) is 33.9. The Kier molecular flexibility index (Phi) is 26.1. The van der Waals surface area contributed by atoms with E-state index in [1.54, 1.807) is 65.8 Å². The average Bonchev–Trinajstić information content (AvgIpc) is 3.94. The third-order valence-corrected chi connectivity index (χ3v) is 9.76. The van der Waals surface area contributed by atoms with Crippen molar-refractivity contribution in [2.45, 2.75) is 147 Å². The molecule has 7 N–H and O–H groups in total. The number of likely N-dealkylation sites (tertiary alicyclic amines) is 1. The van der Waals surface area contributed by atoms with E-state index in [4.69, 9.17) is 24.5 Å². The van der Waals surface area contributed by atoms with Crippen LogP contribution in [-0.4, -0.2) is 137 Å². The smallest absolute Gasteiger partial charge is 0.481 e. The summed E-state index contributed by atoms with van der Waals surface area (Å²) in [6.45, 7) is 11.0. The highest BCUT2D eigenvalue weighted by atomic mass is 19.4. The first kappa shape index (κ1) is 65.5. The SMILES string of the molecule is CC(C)(C)OC(=O)N[C@@H](CC(=O)N1CCC[C@H]1CNC(=O)C(F)(F)F)Cc1ccccc1F.CC(C)(C)OC(=O)N[C@@H](CC(=O)O)Cc1ccccc1F.O=C(NC[C@@H]1CCCN1)C(F)(F)F.O=C(O)C(F)(F)F. The number of hydrogen-bond acceptors (Lipinski definition) is 10. The minimum atomic E-state index is -5.08. The van der Waals surface area contributed by atoms with Crippen LogP contribution in [0, 0.1) is 11.6 Å². The molecule has 2 aromatic rings. The van der Waals surface area contributed by atoms with Crippen molar-refractivity contribution >= 4 is 41.8 Å². The number of carboxylic acids is 2. The second-order valence-corrected chi connectivity index (χ2v) is 18.5. The molecule has 0 aromatic heterocycles. The van der Waals surface area contributed by atoms with Gasteiger partial charge in [0.25, 0.3) is 0 Å². The number of nitrogens with one attached hydrogen (secondary N) is 5. The fourth-order valence-corrected chi connectivity index (χ4v) is 6.63. The van der Waals surface area contributed by atoms with Gasteiger partial charge in [0.15, 0.2) is 0 Å². The number of nitrogens with zero attached hydrogens (tertiary/aromatic N) is 1. The van der Waals surface area contributed by atoms with E-state index in [0.29, 0.717) is 30.5 Å². The fraction of sp³-hybridized carbons (Fsp3) is 0.587. The molecule has 0 saturated carbocycles. The molecule has 28 heteroatoms. The Morgan fingerprint density at radius 3 is 1.42 bits per heavy atom. The lowest BCUT2D eigenvalue weighted by Crippen LogP contribution is -2.48. The summed E-state index contributed by atoms with van der Waals surface area (Å²) in [7, 11) is 0. The van der Waals surface area contributed by atoms with Crippen LogP contribution in [0.15, 0.2) is 48.5 Å². The molecule has 2 aliphatic rings. The van der Waals surface area contributed by atoms with Crippen LogP contribution in [0.1, 0.15) is 91.2 Å². The minimum absolute atomic E-state index is 0.00806. The maximum atomic E-state index is 14.2. The summed E-state index contributed by atoms with van der Waals surface area (Å²) in [6.07, 6.45) is -14.0. The molecular weight excluding hydrogens is 1020 g/mol. The van der Waals surface area contributed by atoms with Crippen molar-refractivity contribution in [2.24, 2.45) is 0 Å². The standard InChI is InChI=1S/C22H29F4N3O4.C15H20FNO4.C7H11F3N2O.C2HF3O2/c1-21(2,3)33-20(32)28-15(11-14-7-4-5-9-17(14)23)12-18(30)29-10-6-8-16(29)13-27-19(31)22(24,25)26;1-15(2,3)21-14(20)17-11(9-13(18)19)8-10-6-4-5-7-12(10)16;8-7(9,10)6(13)12-4-5-2-1-3-11-5;3-2(4,5)1(6)7/h4-5,7,9,15-16H,6,8,10-13H2,1-3H3,(H,27,31)(H,28,32);4-7,11H,8-9H2,1-3H3,(H,17,20)(H,18,19);5,11H,1-4H2,(H,12,13);(H,6,7)/t15-,16+;11-;5-;/m110./s1. The number of carbonyl (C=O) groups is 7. The summed E-state index contributed by atoms with van der Waals surface area (Å²) in [5.41, 5.74) is -0.829. The number of amides is 5. The molecule has 2 fully saturated rings. The number of aliphatic carboxylic acids is 2. The predicted octanol–water partition coefficient (Wildman–Crippen LogP) is 7.11. The van der Waals surface area contributed by atoms with Crippen molar-refractivity contribution in [2.75, 3.05) is 26.2 Å². The van der Waals surface area contributed by atoms with E-state index >= 15 is 0 Å². The molecule has 2 aliphatic heterocycles. The van der Waals surface area contributed by atoms with Crippen LogP contribution in [0.3, 0.4) is 0 Å². The molecular formula is C46H61F11N6O11. The van der Waals surface area contributed by atoms with Crippen LogP contribution >= 0.6 is 0 Å². The van der Waals surface area contributed by atoms with Crippen LogP contribution in [0.4, 0.5) is 57.9 Å². The monoisotopic (exact) mass is 1080 g/mol. The van der Waals surface area contributed by atoms with Crippen LogP contribution in [0.5, 0.6) is 0 Å². The normalized spacial score (nSPS) is 16.5. The van der Waals surface area contributed by atoms with Crippen molar-refractivity contribution in [1.82, 2.24) is 31.5 Å². The van der Waals surface area contributed by atoms with Gasteiger partial charge in [0.2, 0.25) is 5.91 Å². The second-order valence-electron chi connectivity index (χ2n) is 18.5. The summed E-state index contributed by atoms with van der Waals surface area (Å²) in [4.78, 5) is 79.6. The highest BCUT2D eigenvalue weighted by molar-refractivity contribution is 5.82. The number of rotatable bonds is 14. The Morgan fingerprint density at radius 2 is 1.05 bits per heavy atom. The number of alkyl halides is 9. The molecule has 418 valence electrons. The van der Waals surface area contributed by atoms with Crippen LogP contribution < -0.4 is 26.6 Å². The number of benzene rings is 2. The van der Waals surface area contributed by atoms with E-state index in [1.807, 2.05) is 10.6 Å². The van der Waals surface area contributed by atoms with E-state index in [2.05, 4.69) is 16.0 Å². The molecule has 0 spiro atoms. The predicted molar refractivity (Wildman–Crippen MR) is 241 cm³/mol. The van der Waals surface area contributed by atoms with Crippen LogP contribution in [-0.2, 0) is 46.3 Å². The number of halogens is 11. The maximum Gasteiger partial charge on any atom is 0.490 e. The van der Waals surface area contributed by atoms with Gasteiger partial charge in [0.1, 0.15) is 22.8 Å². The Bertz CT molecular complexity index is 2160. The highest BCUT2D eigenvalue weighted by Gasteiger charge is 2.41. The third kappa shape index (κ3) is 28.1. The summed E-state index contributed by atoms with van der Waals surface area (Å²) < 4.78 is 142. The molecule has 74 heavy (non-hydrogen) atoms. The van der Waals surface area contributed by atoms with E-state index in [9.17, 15) is 77.1 Å². The molecule has 4 atom stereocenters. The van der Waals surface area contributed by atoms with Crippen LogP contribution in [0.25, 0.3) is 0 Å². The van der Waals surface area contributed by atoms with Gasteiger partial charge in [0, 0.05) is 50.2 Å². The summed E-state index contributed by atoms with van der Waals surface area (Å²) in [5, 5.41) is 27.7.